The van der Waals surface area contributed by atoms with Crippen LogP contribution in [-0.4, -0.2) is 16.3 Å². The Kier molecular flexibility index (Phi) is 5.57. The minimum atomic E-state index is 0.921. The van der Waals surface area contributed by atoms with E-state index >= 15 is 0 Å². The highest BCUT2D eigenvalue weighted by atomic mass is 15.2. The molecule has 114 valence electrons. The second kappa shape index (κ2) is 7.41. The fourth-order valence-corrected chi connectivity index (χ4v) is 2.68. The number of nitrogens with zero attached hydrogens (tertiary/aromatic N) is 2. The molecule has 3 nitrogen and oxygen atoms in total. The first-order valence-electron chi connectivity index (χ1n) is 7.98. The van der Waals surface area contributed by atoms with Crippen LogP contribution in [0.5, 0.6) is 0 Å². The summed E-state index contributed by atoms with van der Waals surface area (Å²) in [6, 6.07) is 6.73. The summed E-state index contributed by atoms with van der Waals surface area (Å²) < 4.78 is 1.94. The average molecular weight is 285 g/mol. The van der Waals surface area contributed by atoms with Crippen LogP contribution in [0, 0.1) is 6.92 Å². The van der Waals surface area contributed by atoms with Gasteiger partial charge in [0.15, 0.2) is 0 Å². The van der Waals surface area contributed by atoms with Crippen molar-refractivity contribution in [1.82, 2.24) is 15.1 Å². The quantitative estimate of drug-likeness (QED) is 0.783. The van der Waals surface area contributed by atoms with Crippen molar-refractivity contribution in [1.29, 1.82) is 0 Å². The van der Waals surface area contributed by atoms with Crippen LogP contribution in [0.25, 0.3) is 11.1 Å². The second-order valence-corrected chi connectivity index (χ2v) is 5.75. The molecular formula is C18H27N3. The van der Waals surface area contributed by atoms with E-state index in [1.54, 1.807) is 0 Å². The molecule has 1 heterocycles. The molecule has 0 atom stereocenters. The van der Waals surface area contributed by atoms with E-state index in [2.05, 4.69) is 55.6 Å². The maximum Gasteiger partial charge on any atom is 0.0702 e. The van der Waals surface area contributed by atoms with Crippen molar-refractivity contribution in [3.8, 4) is 11.1 Å². The van der Waals surface area contributed by atoms with Crippen LogP contribution >= 0.6 is 0 Å². The third-order valence-electron chi connectivity index (χ3n) is 3.69. The number of hydrogen-bond donors (Lipinski definition) is 1. The highest BCUT2D eigenvalue weighted by Crippen LogP contribution is 2.28. The molecule has 0 aliphatic carbocycles. The molecule has 3 heteroatoms. The first-order valence-corrected chi connectivity index (χ1v) is 7.98. The topological polar surface area (TPSA) is 29.9 Å². The normalized spacial score (nSPS) is 11.0. The first kappa shape index (κ1) is 15.8. The minimum Gasteiger partial charge on any atom is -0.313 e. The number of rotatable bonds is 7. The summed E-state index contributed by atoms with van der Waals surface area (Å²) in [5.41, 5.74) is 6.49. The molecule has 0 aliphatic rings. The lowest BCUT2D eigenvalue weighted by molar-refractivity contribution is 0.676. The van der Waals surface area contributed by atoms with E-state index in [0.29, 0.717) is 0 Å². The predicted molar refractivity (Wildman–Crippen MR) is 89.4 cm³/mol. The lowest BCUT2D eigenvalue weighted by Crippen LogP contribution is -2.14. The van der Waals surface area contributed by atoms with E-state index in [1.807, 2.05) is 11.7 Å². The molecule has 21 heavy (non-hydrogen) atoms. The van der Waals surface area contributed by atoms with E-state index in [9.17, 15) is 0 Å². The summed E-state index contributed by atoms with van der Waals surface area (Å²) in [4.78, 5) is 0. The van der Waals surface area contributed by atoms with Gasteiger partial charge in [-0.05, 0) is 37.4 Å². The monoisotopic (exact) mass is 285 g/mol. The van der Waals surface area contributed by atoms with Gasteiger partial charge in [0.1, 0.15) is 0 Å². The second-order valence-electron chi connectivity index (χ2n) is 5.75. The highest BCUT2D eigenvalue weighted by Gasteiger charge is 2.13. The van der Waals surface area contributed by atoms with Gasteiger partial charge in [0.2, 0.25) is 0 Å². The van der Waals surface area contributed by atoms with Gasteiger partial charge in [-0.1, -0.05) is 44.0 Å². The fourth-order valence-electron chi connectivity index (χ4n) is 2.68. The van der Waals surface area contributed by atoms with Crippen molar-refractivity contribution in [2.75, 3.05) is 6.54 Å². The van der Waals surface area contributed by atoms with Crippen LogP contribution in [0.1, 0.15) is 43.5 Å². The molecular weight excluding hydrogens is 258 g/mol. The number of aryl methyl sites for hydroxylation is 3. The molecule has 1 aromatic carbocycles. The van der Waals surface area contributed by atoms with E-state index in [4.69, 9.17) is 0 Å². The highest BCUT2D eigenvalue weighted by molar-refractivity contribution is 5.70. The lowest BCUT2D eigenvalue weighted by Gasteiger charge is -2.12. The Morgan fingerprint density at radius 1 is 1.14 bits per heavy atom. The molecule has 1 aromatic heterocycles. The number of nitrogens with one attached hydrogen (secondary N) is 1. The molecule has 0 fully saturated rings. The van der Waals surface area contributed by atoms with Crippen molar-refractivity contribution in [3.63, 3.8) is 0 Å². The van der Waals surface area contributed by atoms with Gasteiger partial charge in [0.05, 0.1) is 5.69 Å². The molecule has 0 saturated heterocycles. The van der Waals surface area contributed by atoms with Gasteiger partial charge in [-0.25, -0.2) is 0 Å². The van der Waals surface area contributed by atoms with Crippen molar-refractivity contribution >= 4 is 0 Å². The van der Waals surface area contributed by atoms with Gasteiger partial charge in [-0.3, -0.25) is 4.68 Å². The Bertz CT molecular complexity index is 584. The molecule has 1 N–H and O–H groups in total. The van der Waals surface area contributed by atoms with Crippen molar-refractivity contribution in [3.05, 3.63) is 41.2 Å². The zero-order valence-electron chi connectivity index (χ0n) is 13.7. The molecule has 2 rings (SSSR count). The molecule has 0 saturated carbocycles. The third kappa shape index (κ3) is 3.94. The summed E-state index contributed by atoms with van der Waals surface area (Å²) in [6.07, 6.45) is 5.48. The molecule has 0 amide bonds. The Labute approximate surface area is 128 Å². The minimum absolute atomic E-state index is 0.921. The number of hydrogen-bond acceptors (Lipinski definition) is 2. The average Bonchev–Trinajstić information content (AvgIpc) is 2.82. The van der Waals surface area contributed by atoms with Gasteiger partial charge in [0, 0.05) is 25.4 Å². The maximum atomic E-state index is 4.64. The van der Waals surface area contributed by atoms with Crippen LogP contribution in [-0.2, 0) is 20.0 Å². The summed E-state index contributed by atoms with van der Waals surface area (Å²) in [5, 5.41) is 8.15. The molecule has 0 bridgehead atoms. The summed E-state index contributed by atoms with van der Waals surface area (Å²) in [5.74, 6) is 0. The smallest absolute Gasteiger partial charge is 0.0702 e. The maximum absolute atomic E-state index is 4.64. The third-order valence-corrected chi connectivity index (χ3v) is 3.69. The van der Waals surface area contributed by atoms with E-state index < -0.39 is 0 Å². The number of benzene rings is 1. The van der Waals surface area contributed by atoms with Crippen LogP contribution in [0.4, 0.5) is 0 Å². The largest absolute Gasteiger partial charge is 0.313 e. The molecule has 0 radical (unpaired) electrons. The van der Waals surface area contributed by atoms with Crippen LogP contribution < -0.4 is 5.32 Å². The zero-order chi connectivity index (χ0) is 15.2. The predicted octanol–water partition coefficient (Wildman–Crippen LogP) is 3.85. The van der Waals surface area contributed by atoms with Gasteiger partial charge in [-0.15, -0.1) is 0 Å². The lowest BCUT2D eigenvalue weighted by atomic mass is 9.96. The van der Waals surface area contributed by atoms with Crippen molar-refractivity contribution < 1.29 is 0 Å². The summed E-state index contributed by atoms with van der Waals surface area (Å²) in [6.45, 7) is 8.54. The first-order chi connectivity index (χ1) is 10.2. The number of aromatic nitrogens is 2. The standard InChI is InChI=1S/C18H27N3/c1-5-7-18-17(13-21(4)20-18)16-11-14(3)8-9-15(16)12-19-10-6-2/h8-9,11,13,19H,5-7,10,12H2,1-4H3. The van der Waals surface area contributed by atoms with Crippen LogP contribution in [0.2, 0.25) is 0 Å². The molecule has 2 aromatic rings. The van der Waals surface area contributed by atoms with Gasteiger partial charge < -0.3 is 5.32 Å². The molecule has 0 aliphatic heterocycles. The van der Waals surface area contributed by atoms with Crippen LogP contribution in [0.15, 0.2) is 24.4 Å². The van der Waals surface area contributed by atoms with Crippen molar-refractivity contribution in [2.24, 2.45) is 7.05 Å². The van der Waals surface area contributed by atoms with Gasteiger partial charge >= 0.3 is 0 Å². The van der Waals surface area contributed by atoms with Crippen LogP contribution in [0.3, 0.4) is 0 Å². The summed E-state index contributed by atoms with van der Waals surface area (Å²) >= 11 is 0. The fraction of sp³-hybridized carbons (Fsp3) is 0.500. The Morgan fingerprint density at radius 2 is 1.95 bits per heavy atom. The van der Waals surface area contributed by atoms with Gasteiger partial charge in [0.25, 0.3) is 0 Å². The van der Waals surface area contributed by atoms with E-state index in [-0.39, 0.29) is 0 Å². The zero-order valence-corrected chi connectivity index (χ0v) is 13.7. The Morgan fingerprint density at radius 3 is 2.67 bits per heavy atom. The van der Waals surface area contributed by atoms with Crippen molar-refractivity contribution in [2.45, 2.75) is 46.6 Å². The van der Waals surface area contributed by atoms with E-state index in [1.165, 1.54) is 27.9 Å². The summed E-state index contributed by atoms with van der Waals surface area (Å²) in [7, 11) is 2.01. The molecule has 0 spiro atoms. The van der Waals surface area contributed by atoms with E-state index in [0.717, 1.165) is 32.4 Å². The Hall–Kier alpha value is -1.61. The molecule has 0 unspecified atom stereocenters. The SMILES string of the molecule is CCCNCc1ccc(C)cc1-c1cn(C)nc1CCC. The Balaban J connectivity index is 2.39. The van der Waals surface area contributed by atoms with Gasteiger partial charge in [-0.2, -0.15) is 5.10 Å².